The van der Waals surface area contributed by atoms with Crippen LogP contribution in [0.2, 0.25) is 0 Å². The van der Waals surface area contributed by atoms with Gasteiger partial charge in [0.05, 0.1) is 12.6 Å². The smallest absolute Gasteiger partial charge is 0.241 e. The molecule has 5 heteroatoms. The van der Waals surface area contributed by atoms with Crippen LogP contribution in [0.1, 0.15) is 25.3 Å². The molecule has 126 valence electrons. The third kappa shape index (κ3) is 3.27. The van der Waals surface area contributed by atoms with Crippen molar-refractivity contribution in [3.05, 3.63) is 29.8 Å². The number of fused-ring (bicyclic) bond motifs is 1. The SMILES string of the molecule is COC1CCN(CC(=O)N2c3ccccc3CC2C)C(CN)C1. The molecule has 2 N–H and O–H groups in total. The second-order valence-electron chi connectivity index (χ2n) is 6.69. The van der Waals surface area contributed by atoms with Crippen LogP contribution < -0.4 is 10.6 Å². The lowest BCUT2D eigenvalue weighted by molar-refractivity contribution is -0.121. The van der Waals surface area contributed by atoms with Crippen molar-refractivity contribution in [2.24, 2.45) is 5.73 Å². The standard InChI is InChI=1S/C18H27N3O2/c1-13-9-14-5-3-4-6-17(14)21(13)18(22)12-20-8-7-16(23-2)10-15(20)11-19/h3-6,13,15-16H,7-12,19H2,1-2H3. The molecule has 1 aromatic rings. The molecule has 0 bridgehead atoms. The van der Waals surface area contributed by atoms with Crippen molar-refractivity contribution in [1.29, 1.82) is 0 Å². The number of nitrogens with zero attached hydrogens (tertiary/aromatic N) is 2. The largest absolute Gasteiger partial charge is 0.381 e. The number of likely N-dealkylation sites (tertiary alicyclic amines) is 1. The van der Waals surface area contributed by atoms with Crippen LogP contribution in [0.15, 0.2) is 24.3 Å². The van der Waals surface area contributed by atoms with Crippen molar-refractivity contribution in [2.75, 3.05) is 31.6 Å². The maximum Gasteiger partial charge on any atom is 0.241 e. The van der Waals surface area contributed by atoms with Gasteiger partial charge in [0.15, 0.2) is 0 Å². The topological polar surface area (TPSA) is 58.8 Å². The zero-order valence-electron chi connectivity index (χ0n) is 14.1. The number of hydrogen-bond donors (Lipinski definition) is 1. The fourth-order valence-corrected chi connectivity index (χ4v) is 3.93. The molecule has 23 heavy (non-hydrogen) atoms. The molecular weight excluding hydrogens is 290 g/mol. The zero-order valence-corrected chi connectivity index (χ0v) is 14.1. The summed E-state index contributed by atoms with van der Waals surface area (Å²) in [6.45, 7) is 4.00. The number of ether oxygens (including phenoxy) is 1. The van der Waals surface area contributed by atoms with Crippen molar-refractivity contribution in [2.45, 2.75) is 44.4 Å². The Labute approximate surface area is 138 Å². The van der Waals surface area contributed by atoms with Gasteiger partial charge in [-0.2, -0.15) is 0 Å². The Bertz CT molecular complexity index is 563. The minimum Gasteiger partial charge on any atom is -0.381 e. The number of carbonyl (C=O) groups excluding carboxylic acids is 1. The Morgan fingerprint density at radius 1 is 1.39 bits per heavy atom. The lowest BCUT2D eigenvalue weighted by atomic mass is 9.99. The average molecular weight is 317 g/mol. The number of hydrogen-bond acceptors (Lipinski definition) is 4. The van der Waals surface area contributed by atoms with Gasteiger partial charge in [0.25, 0.3) is 0 Å². The normalized spacial score (nSPS) is 28.0. The van der Waals surface area contributed by atoms with E-state index in [1.165, 1.54) is 5.56 Å². The minimum absolute atomic E-state index is 0.178. The van der Waals surface area contributed by atoms with E-state index in [2.05, 4.69) is 17.9 Å². The van der Waals surface area contributed by atoms with Crippen LogP contribution in [0, 0.1) is 0 Å². The number of methoxy groups -OCH3 is 1. The summed E-state index contributed by atoms with van der Waals surface area (Å²) in [5, 5.41) is 0. The van der Waals surface area contributed by atoms with E-state index in [9.17, 15) is 4.79 Å². The molecule has 2 heterocycles. The Morgan fingerprint density at radius 2 is 2.17 bits per heavy atom. The van der Waals surface area contributed by atoms with Gasteiger partial charge in [-0.15, -0.1) is 0 Å². The second kappa shape index (κ2) is 6.99. The van der Waals surface area contributed by atoms with Crippen LogP contribution in [0.3, 0.4) is 0 Å². The molecule has 0 saturated carbocycles. The molecule has 0 radical (unpaired) electrons. The fourth-order valence-electron chi connectivity index (χ4n) is 3.93. The van der Waals surface area contributed by atoms with E-state index >= 15 is 0 Å². The monoisotopic (exact) mass is 317 g/mol. The zero-order chi connectivity index (χ0) is 16.4. The van der Waals surface area contributed by atoms with Gasteiger partial charge in [0.1, 0.15) is 0 Å². The summed E-state index contributed by atoms with van der Waals surface area (Å²) in [6.07, 6.45) is 3.08. The maximum atomic E-state index is 12.9. The van der Waals surface area contributed by atoms with Crippen LogP contribution in [0.4, 0.5) is 5.69 Å². The lowest BCUT2D eigenvalue weighted by Gasteiger charge is -2.39. The van der Waals surface area contributed by atoms with Gasteiger partial charge in [-0.25, -0.2) is 0 Å². The summed E-state index contributed by atoms with van der Waals surface area (Å²) in [5.41, 5.74) is 8.26. The Kier molecular flexibility index (Phi) is 4.99. The van der Waals surface area contributed by atoms with Crippen molar-refractivity contribution in [3.8, 4) is 0 Å². The van der Waals surface area contributed by atoms with Gasteiger partial charge >= 0.3 is 0 Å². The molecular formula is C18H27N3O2. The van der Waals surface area contributed by atoms with E-state index in [1.54, 1.807) is 7.11 Å². The van der Waals surface area contributed by atoms with Crippen LogP contribution in [0.25, 0.3) is 0 Å². The van der Waals surface area contributed by atoms with Crippen LogP contribution in [-0.4, -0.2) is 55.7 Å². The number of rotatable bonds is 4. The van der Waals surface area contributed by atoms with E-state index in [0.29, 0.717) is 13.1 Å². The molecule has 3 unspecified atom stereocenters. The molecule has 0 aliphatic carbocycles. The first-order chi connectivity index (χ1) is 11.1. The van der Waals surface area contributed by atoms with E-state index in [1.807, 2.05) is 23.1 Å². The Morgan fingerprint density at radius 3 is 2.91 bits per heavy atom. The molecule has 2 aliphatic heterocycles. The number of benzene rings is 1. The molecule has 1 aromatic carbocycles. The highest BCUT2D eigenvalue weighted by Gasteiger charge is 2.34. The number of anilines is 1. The van der Waals surface area contributed by atoms with Crippen molar-refractivity contribution in [1.82, 2.24) is 4.90 Å². The molecule has 1 saturated heterocycles. The molecule has 1 amide bonds. The van der Waals surface area contributed by atoms with E-state index in [0.717, 1.165) is 31.5 Å². The fraction of sp³-hybridized carbons (Fsp3) is 0.611. The number of amides is 1. The third-order valence-electron chi connectivity index (χ3n) is 5.21. The highest BCUT2D eigenvalue weighted by Crippen LogP contribution is 2.32. The molecule has 5 nitrogen and oxygen atoms in total. The quantitative estimate of drug-likeness (QED) is 0.912. The van der Waals surface area contributed by atoms with Crippen molar-refractivity contribution >= 4 is 11.6 Å². The van der Waals surface area contributed by atoms with E-state index in [-0.39, 0.29) is 24.1 Å². The Balaban J connectivity index is 1.69. The van der Waals surface area contributed by atoms with Gasteiger partial charge in [0, 0.05) is 38.0 Å². The van der Waals surface area contributed by atoms with E-state index < -0.39 is 0 Å². The van der Waals surface area contributed by atoms with Gasteiger partial charge < -0.3 is 15.4 Å². The number of para-hydroxylation sites is 1. The molecule has 0 aromatic heterocycles. The first-order valence-electron chi connectivity index (χ1n) is 8.51. The number of piperidine rings is 1. The first kappa shape index (κ1) is 16.4. The van der Waals surface area contributed by atoms with Crippen LogP contribution >= 0.6 is 0 Å². The summed E-state index contributed by atoms with van der Waals surface area (Å²) >= 11 is 0. The minimum atomic E-state index is 0.178. The third-order valence-corrected chi connectivity index (χ3v) is 5.21. The van der Waals surface area contributed by atoms with Gasteiger partial charge in [-0.05, 0) is 37.8 Å². The number of carbonyl (C=O) groups is 1. The summed E-state index contributed by atoms with van der Waals surface area (Å²) in [4.78, 5) is 17.1. The van der Waals surface area contributed by atoms with Gasteiger partial charge in [0.2, 0.25) is 5.91 Å². The van der Waals surface area contributed by atoms with Gasteiger partial charge in [-0.1, -0.05) is 18.2 Å². The molecule has 3 rings (SSSR count). The molecule has 3 atom stereocenters. The summed E-state index contributed by atoms with van der Waals surface area (Å²) < 4.78 is 5.46. The Hall–Kier alpha value is -1.43. The summed E-state index contributed by atoms with van der Waals surface area (Å²) in [6, 6.07) is 8.67. The summed E-state index contributed by atoms with van der Waals surface area (Å²) in [7, 11) is 1.75. The lowest BCUT2D eigenvalue weighted by Crippen LogP contribution is -2.53. The predicted octanol–water partition coefficient (Wildman–Crippen LogP) is 1.40. The number of nitrogens with two attached hydrogens (primary N) is 1. The average Bonchev–Trinajstić information content (AvgIpc) is 2.90. The highest BCUT2D eigenvalue weighted by atomic mass is 16.5. The van der Waals surface area contributed by atoms with Crippen molar-refractivity contribution < 1.29 is 9.53 Å². The van der Waals surface area contributed by atoms with E-state index in [4.69, 9.17) is 10.5 Å². The first-order valence-corrected chi connectivity index (χ1v) is 8.51. The molecule has 1 fully saturated rings. The van der Waals surface area contributed by atoms with Gasteiger partial charge in [-0.3, -0.25) is 9.69 Å². The molecule has 0 spiro atoms. The maximum absolute atomic E-state index is 12.9. The highest BCUT2D eigenvalue weighted by molar-refractivity contribution is 5.97. The molecule has 2 aliphatic rings. The van der Waals surface area contributed by atoms with Crippen LogP contribution in [-0.2, 0) is 16.0 Å². The summed E-state index contributed by atoms with van der Waals surface area (Å²) in [5.74, 6) is 0.178. The predicted molar refractivity (Wildman–Crippen MR) is 91.5 cm³/mol. The van der Waals surface area contributed by atoms with Crippen LogP contribution in [0.5, 0.6) is 0 Å². The van der Waals surface area contributed by atoms with Crippen molar-refractivity contribution in [3.63, 3.8) is 0 Å². The second-order valence-corrected chi connectivity index (χ2v) is 6.69.